The zero-order valence-electron chi connectivity index (χ0n) is 9.94. The van der Waals surface area contributed by atoms with Gasteiger partial charge in [0.2, 0.25) is 0 Å². The van der Waals surface area contributed by atoms with E-state index in [0.29, 0.717) is 23.1 Å². The summed E-state index contributed by atoms with van der Waals surface area (Å²) in [6, 6.07) is 2.34. The first kappa shape index (κ1) is 11.8. The van der Waals surface area contributed by atoms with E-state index in [1.54, 1.807) is 0 Å². The van der Waals surface area contributed by atoms with Crippen molar-refractivity contribution in [2.75, 3.05) is 13.2 Å². The highest BCUT2D eigenvalue weighted by Crippen LogP contribution is 2.13. The number of nitrogens with zero attached hydrogens (tertiary/aromatic N) is 1. The average molecular weight is 265 g/mol. The molecule has 0 unspecified atom stereocenters. The van der Waals surface area contributed by atoms with E-state index in [2.05, 4.69) is 15.3 Å². The number of hydrogen-bond donors (Lipinski definition) is 2. The van der Waals surface area contributed by atoms with Gasteiger partial charge in [-0.05, 0) is 24.3 Å². The summed E-state index contributed by atoms with van der Waals surface area (Å²) in [5.74, 6) is 0.706. The molecule has 1 fully saturated rings. The van der Waals surface area contributed by atoms with Crippen LogP contribution in [0.3, 0.4) is 0 Å². The molecule has 1 saturated heterocycles. The number of fused-ring (bicyclic) bond motifs is 1. The first-order chi connectivity index (χ1) is 8.83. The van der Waals surface area contributed by atoms with Gasteiger partial charge in [0.25, 0.3) is 5.56 Å². The average Bonchev–Trinajstić information content (AvgIpc) is 2.86. The van der Waals surface area contributed by atoms with Crippen molar-refractivity contribution in [1.29, 1.82) is 0 Å². The van der Waals surface area contributed by atoms with E-state index in [0.717, 1.165) is 31.6 Å². The van der Waals surface area contributed by atoms with Gasteiger partial charge in [-0.1, -0.05) is 0 Å². The van der Waals surface area contributed by atoms with Gasteiger partial charge < -0.3 is 15.0 Å². The standard InChI is InChI=1S/C12H15N3O2S/c16-12-11-9(3-6-18-11)14-10(15-12)7-13-8-1-4-17-5-2-8/h3,6,8,13H,1-2,4-5,7H2,(H,14,15,16). The second kappa shape index (κ2) is 5.17. The highest BCUT2D eigenvalue weighted by Gasteiger charge is 2.13. The third-order valence-electron chi connectivity index (χ3n) is 3.14. The summed E-state index contributed by atoms with van der Waals surface area (Å²) in [4.78, 5) is 19.0. The van der Waals surface area contributed by atoms with Crippen LogP contribution in [0, 0.1) is 0 Å². The molecule has 0 aliphatic carbocycles. The lowest BCUT2D eigenvalue weighted by atomic mass is 10.1. The summed E-state index contributed by atoms with van der Waals surface area (Å²) >= 11 is 1.43. The Morgan fingerprint density at radius 1 is 1.50 bits per heavy atom. The number of ether oxygens (including phenoxy) is 1. The molecule has 5 nitrogen and oxygen atoms in total. The number of aromatic nitrogens is 2. The van der Waals surface area contributed by atoms with Gasteiger partial charge in [0, 0.05) is 19.3 Å². The van der Waals surface area contributed by atoms with Crippen LogP contribution in [0.2, 0.25) is 0 Å². The quantitative estimate of drug-likeness (QED) is 0.876. The minimum atomic E-state index is -0.0428. The predicted octanol–water partition coefficient (Wildman–Crippen LogP) is 1.25. The van der Waals surface area contributed by atoms with Crippen molar-refractivity contribution in [3.05, 3.63) is 27.6 Å². The zero-order valence-corrected chi connectivity index (χ0v) is 10.8. The molecule has 1 aliphatic heterocycles. The van der Waals surface area contributed by atoms with E-state index in [9.17, 15) is 4.79 Å². The van der Waals surface area contributed by atoms with E-state index in [4.69, 9.17) is 4.74 Å². The molecule has 0 spiro atoms. The minimum Gasteiger partial charge on any atom is -0.381 e. The molecule has 96 valence electrons. The van der Waals surface area contributed by atoms with Gasteiger partial charge in [-0.3, -0.25) is 4.79 Å². The molecule has 18 heavy (non-hydrogen) atoms. The second-order valence-electron chi connectivity index (χ2n) is 4.42. The molecule has 0 saturated carbocycles. The van der Waals surface area contributed by atoms with E-state index in [-0.39, 0.29) is 5.56 Å². The van der Waals surface area contributed by atoms with Crippen LogP contribution in [-0.2, 0) is 11.3 Å². The van der Waals surface area contributed by atoms with Crippen molar-refractivity contribution in [3.63, 3.8) is 0 Å². The lowest BCUT2D eigenvalue weighted by molar-refractivity contribution is 0.0774. The number of rotatable bonds is 3. The Morgan fingerprint density at radius 2 is 2.33 bits per heavy atom. The molecule has 2 N–H and O–H groups in total. The lowest BCUT2D eigenvalue weighted by Gasteiger charge is -2.22. The fraction of sp³-hybridized carbons (Fsp3) is 0.500. The van der Waals surface area contributed by atoms with Gasteiger partial charge in [-0.2, -0.15) is 0 Å². The van der Waals surface area contributed by atoms with Crippen LogP contribution in [0.15, 0.2) is 16.2 Å². The van der Waals surface area contributed by atoms with Gasteiger partial charge in [-0.25, -0.2) is 4.98 Å². The Balaban J connectivity index is 1.72. The number of nitrogens with one attached hydrogen (secondary N) is 2. The minimum absolute atomic E-state index is 0.0428. The Hall–Kier alpha value is -1.24. The van der Waals surface area contributed by atoms with Crippen molar-refractivity contribution >= 4 is 21.6 Å². The summed E-state index contributed by atoms with van der Waals surface area (Å²) < 4.78 is 6.00. The number of aromatic amines is 1. The van der Waals surface area contributed by atoms with Crippen LogP contribution in [0.1, 0.15) is 18.7 Å². The zero-order chi connectivity index (χ0) is 12.4. The van der Waals surface area contributed by atoms with Crippen LogP contribution in [-0.4, -0.2) is 29.2 Å². The van der Waals surface area contributed by atoms with Crippen molar-refractivity contribution in [2.45, 2.75) is 25.4 Å². The summed E-state index contributed by atoms with van der Waals surface area (Å²) in [6.07, 6.45) is 2.04. The number of hydrogen-bond acceptors (Lipinski definition) is 5. The summed E-state index contributed by atoms with van der Waals surface area (Å²) in [5, 5.41) is 5.30. The van der Waals surface area contributed by atoms with Crippen molar-refractivity contribution in [3.8, 4) is 0 Å². The summed E-state index contributed by atoms with van der Waals surface area (Å²) in [6.45, 7) is 2.22. The summed E-state index contributed by atoms with van der Waals surface area (Å²) in [5.41, 5.74) is 0.742. The fourth-order valence-corrected chi connectivity index (χ4v) is 2.87. The third kappa shape index (κ3) is 2.45. The first-order valence-corrected chi connectivity index (χ1v) is 6.98. The predicted molar refractivity (Wildman–Crippen MR) is 70.9 cm³/mol. The van der Waals surface area contributed by atoms with E-state index in [1.807, 2.05) is 11.4 Å². The molecular formula is C12H15N3O2S. The van der Waals surface area contributed by atoms with Crippen molar-refractivity contribution in [2.24, 2.45) is 0 Å². The molecule has 3 heterocycles. The van der Waals surface area contributed by atoms with Crippen molar-refractivity contribution < 1.29 is 4.74 Å². The normalized spacial score (nSPS) is 17.3. The first-order valence-electron chi connectivity index (χ1n) is 6.10. The Bertz CT molecular complexity index is 586. The van der Waals surface area contributed by atoms with Crippen LogP contribution in [0.25, 0.3) is 10.2 Å². The molecule has 1 aliphatic rings. The molecule has 0 atom stereocenters. The monoisotopic (exact) mass is 265 g/mol. The second-order valence-corrected chi connectivity index (χ2v) is 5.33. The summed E-state index contributed by atoms with van der Waals surface area (Å²) in [7, 11) is 0. The Morgan fingerprint density at radius 3 is 3.17 bits per heavy atom. The maximum absolute atomic E-state index is 11.8. The molecule has 0 aromatic carbocycles. The molecule has 0 radical (unpaired) electrons. The highest BCUT2D eigenvalue weighted by molar-refractivity contribution is 7.17. The molecule has 0 bridgehead atoms. The van der Waals surface area contributed by atoms with Gasteiger partial charge >= 0.3 is 0 Å². The maximum Gasteiger partial charge on any atom is 0.268 e. The largest absolute Gasteiger partial charge is 0.381 e. The van der Waals surface area contributed by atoms with Gasteiger partial charge in [0.05, 0.1) is 12.1 Å². The topological polar surface area (TPSA) is 67.0 Å². The van der Waals surface area contributed by atoms with Crippen LogP contribution < -0.4 is 10.9 Å². The Kier molecular flexibility index (Phi) is 3.40. The van der Waals surface area contributed by atoms with E-state index < -0.39 is 0 Å². The molecule has 2 aromatic heterocycles. The van der Waals surface area contributed by atoms with Crippen LogP contribution in [0.4, 0.5) is 0 Å². The van der Waals surface area contributed by atoms with E-state index in [1.165, 1.54) is 11.3 Å². The lowest BCUT2D eigenvalue weighted by Crippen LogP contribution is -2.35. The molecule has 2 aromatic rings. The third-order valence-corrected chi connectivity index (χ3v) is 4.05. The molecule has 6 heteroatoms. The highest BCUT2D eigenvalue weighted by atomic mass is 32.1. The van der Waals surface area contributed by atoms with Gasteiger partial charge in [0.15, 0.2) is 0 Å². The number of H-pyrrole nitrogens is 1. The van der Waals surface area contributed by atoms with Crippen LogP contribution in [0.5, 0.6) is 0 Å². The van der Waals surface area contributed by atoms with Gasteiger partial charge in [-0.15, -0.1) is 11.3 Å². The maximum atomic E-state index is 11.8. The molecule has 0 amide bonds. The smallest absolute Gasteiger partial charge is 0.268 e. The fourth-order valence-electron chi connectivity index (χ4n) is 2.15. The van der Waals surface area contributed by atoms with Gasteiger partial charge in [0.1, 0.15) is 10.5 Å². The van der Waals surface area contributed by atoms with E-state index >= 15 is 0 Å². The van der Waals surface area contributed by atoms with Crippen molar-refractivity contribution in [1.82, 2.24) is 15.3 Å². The SMILES string of the molecule is O=c1[nH]c(CNC2CCOCC2)nc2ccsc12. The Labute approximate surface area is 108 Å². The molecular weight excluding hydrogens is 250 g/mol. The number of thiophene rings is 1. The van der Waals surface area contributed by atoms with Crippen LogP contribution >= 0.6 is 11.3 Å². The molecule has 3 rings (SSSR count).